The van der Waals surface area contributed by atoms with Crippen LogP contribution in [-0.2, 0) is 0 Å². The highest BCUT2D eigenvalue weighted by atomic mass is 16.5. The monoisotopic (exact) mass is 311 g/mol. The molecule has 3 rings (SSSR count). The normalized spacial score (nSPS) is 14.7. The van der Waals surface area contributed by atoms with E-state index in [9.17, 15) is 4.79 Å². The minimum atomic E-state index is 0.0167. The van der Waals surface area contributed by atoms with Gasteiger partial charge in [0.05, 0.1) is 7.11 Å². The molecule has 0 N–H and O–H groups in total. The number of aromatic nitrogens is 1. The minimum absolute atomic E-state index is 0.0167. The standard InChI is InChI=1S/C18H21N3O2/c1-14-7-8-19-17(13-14)18(22)21-11-9-20(10-12-21)15-3-5-16(23-2)6-4-15/h3-8,13H,9-12H2,1-2H3. The second kappa shape index (κ2) is 6.69. The van der Waals surface area contributed by atoms with Gasteiger partial charge in [0, 0.05) is 38.1 Å². The minimum Gasteiger partial charge on any atom is -0.497 e. The second-order valence-corrected chi connectivity index (χ2v) is 5.70. The highest BCUT2D eigenvalue weighted by molar-refractivity contribution is 5.92. The van der Waals surface area contributed by atoms with Crippen LogP contribution in [0.1, 0.15) is 16.1 Å². The number of piperazine rings is 1. The van der Waals surface area contributed by atoms with Crippen molar-refractivity contribution in [2.45, 2.75) is 6.92 Å². The van der Waals surface area contributed by atoms with Crippen LogP contribution < -0.4 is 9.64 Å². The van der Waals surface area contributed by atoms with Crippen molar-refractivity contribution in [3.05, 3.63) is 53.9 Å². The summed E-state index contributed by atoms with van der Waals surface area (Å²) in [5.74, 6) is 0.871. The maximum Gasteiger partial charge on any atom is 0.272 e. The van der Waals surface area contributed by atoms with E-state index >= 15 is 0 Å². The Balaban J connectivity index is 1.62. The van der Waals surface area contributed by atoms with Gasteiger partial charge in [0.1, 0.15) is 11.4 Å². The first kappa shape index (κ1) is 15.3. The molecule has 2 heterocycles. The van der Waals surface area contributed by atoms with Gasteiger partial charge in [-0.15, -0.1) is 0 Å². The third kappa shape index (κ3) is 3.44. The summed E-state index contributed by atoms with van der Waals surface area (Å²) in [6.07, 6.45) is 1.69. The van der Waals surface area contributed by atoms with Gasteiger partial charge in [-0.25, -0.2) is 0 Å². The average molecular weight is 311 g/mol. The number of pyridine rings is 1. The van der Waals surface area contributed by atoms with Gasteiger partial charge in [-0.3, -0.25) is 9.78 Å². The van der Waals surface area contributed by atoms with E-state index in [4.69, 9.17) is 4.74 Å². The molecule has 23 heavy (non-hydrogen) atoms. The van der Waals surface area contributed by atoms with Crippen molar-refractivity contribution in [2.75, 3.05) is 38.2 Å². The number of hydrogen-bond donors (Lipinski definition) is 0. The Kier molecular flexibility index (Phi) is 4.46. The van der Waals surface area contributed by atoms with E-state index in [0.29, 0.717) is 18.8 Å². The summed E-state index contributed by atoms with van der Waals surface area (Å²) in [5.41, 5.74) is 2.75. The van der Waals surface area contributed by atoms with Gasteiger partial charge in [-0.05, 0) is 48.9 Å². The van der Waals surface area contributed by atoms with Crippen molar-refractivity contribution >= 4 is 11.6 Å². The number of hydrogen-bond acceptors (Lipinski definition) is 4. The van der Waals surface area contributed by atoms with Crippen LogP contribution in [-0.4, -0.2) is 49.1 Å². The summed E-state index contributed by atoms with van der Waals surface area (Å²) in [5, 5.41) is 0. The molecule has 0 unspecified atom stereocenters. The maximum absolute atomic E-state index is 12.5. The summed E-state index contributed by atoms with van der Waals surface area (Å²) in [4.78, 5) is 20.9. The molecule has 1 aromatic carbocycles. The predicted molar refractivity (Wildman–Crippen MR) is 90.1 cm³/mol. The molecule has 2 aromatic rings. The third-order valence-corrected chi connectivity index (χ3v) is 4.14. The molecule has 0 saturated carbocycles. The molecule has 1 aliphatic rings. The van der Waals surface area contributed by atoms with E-state index in [0.717, 1.165) is 30.1 Å². The van der Waals surface area contributed by atoms with E-state index in [2.05, 4.69) is 22.0 Å². The lowest BCUT2D eigenvalue weighted by Crippen LogP contribution is -2.49. The third-order valence-electron chi connectivity index (χ3n) is 4.14. The van der Waals surface area contributed by atoms with E-state index in [1.807, 2.05) is 36.1 Å². The molecule has 5 nitrogen and oxygen atoms in total. The highest BCUT2D eigenvalue weighted by Crippen LogP contribution is 2.21. The van der Waals surface area contributed by atoms with Crippen LogP contribution in [0.25, 0.3) is 0 Å². The summed E-state index contributed by atoms with van der Waals surface area (Å²) in [6.45, 7) is 5.04. The van der Waals surface area contributed by atoms with E-state index in [1.165, 1.54) is 0 Å². The van der Waals surface area contributed by atoms with Crippen molar-refractivity contribution in [3.63, 3.8) is 0 Å². The Morgan fingerprint density at radius 3 is 2.39 bits per heavy atom. The number of amides is 1. The number of rotatable bonds is 3. The van der Waals surface area contributed by atoms with E-state index in [-0.39, 0.29) is 5.91 Å². The van der Waals surface area contributed by atoms with E-state index in [1.54, 1.807) is 13.3 Å². The Morgan fingerprint density at radius 2 is 1.78 bits per heavy atom. The summed E-state index contributed by atoms with van der Waals surface area (Å²) in [6, 6.07) is 11.8. The molecule has 1 fully saturated rings. The van der Waals surface area contributed by atoms with Crippen LogP contribution in [0.3, 0.4) is 0 Å². The van der Waals surface area contributed by atoms with Gasteiger partial charge in [0.25, 0.3) is 5.91 Å². The number of anilines is 1. The number of aryl methyl sites for hydroxylation is 1. The Labute approximate surface area is 136 Å². The predicted octanol–water partition coefficient (Wildman–Crippen LogP) is 2.36. The molecule has 0 bridgehead atoms. The lowest BCUT2D eigenvalue weighted by atomic mass is 10.2. The Morgan fingerprint density at radius 1 is 1.09 bits per heavy atom. The molecule has 5 heteroatoms. The highest BCUT2D eigenvalue weighted by Gasteiger charge is 2.23. The summed E-state index contributed by atoms with van der Waals surface area (Å²) < 4.78 is 5.19. The molecule has 1 amide bonds. The Hall–Kier alpha value is -2.56. The molecule has 120 valence electrons. The molecular formula is C18H21N3O2. The zero-order valence-electron chi connectivity index (χ0n) is 13.5. The summed E-state index contributed by atoms with van der Waals surface area (Å²) >= 11 is 0. The van der Waals surface area contributed by atoms with Gasteiger partial charge in [0.2, 0.25) is 0 Å². The van der Waals surface area contributed by atoms with Crippen LogP contribution >= 0.6 is 0 Å². The topological polar surface area (TPSA) is 45.7 Å². The fourth-order valence-corrected chi connectivity index (χ4v) is 2.78. The van der Waals surface area contributed by atoms with Crippen LogP contribution in [0.15, 0.2) is 42.6 Å². The largest absolute Gasteiger partial charge is 0.497 e. The number of methoxy groups -OCH3 is 1. The number of nitrogens with zero attached hydrogens (tertiary/aromatic N) is 3. The van der Waals surface area contributed by atoms with Crippen molar-refractivity contribution in [2.24, 2.45) is 0 Å². The molecule has 0 aliphatic carbocycles. The average Bonchev–Trinajstić information content (AvgIpc) is 2.61. The first-order valence-corrected chi connectivity index (χ1v) is 7.78. The fraction of sp³-hybridized carbons (Fsp3) is 0.333. The van der Waals surface area contributed by atoms with Crippen LogP contribution in [0.4, 0.5) is 5.69 Å². The lowest BCUT2D eigenvalue weighted by Gasteiger charge is -2.36. The van der Waals surface area contributed by atoms with Gasteiger partial charge >= 0.3 is 0 Å². The molecule has 1 aromatic heterocycles. The SMILES string of the molecule is COc1ccc(N2CCN(C(=O)c3cc(C)ccn3)CC2)cc1. The number of carbonyl (C=O) groups is 1. The van der Waals surface area contributed by atoms with Crippen molar-refractivity contribution in [3.8, 4) is 5.75 Å². The van der Waals surface area contributed by atoms with Crippen LogP contribution in [0.5, 0.6) is 5.75 Å². The van der Waals surface area contributed by atoms with Crippen molar-refractivity contribution < 1.29 is 9.53 Å². The fourth-order valence-electron chi connectivity index (χ4n) is 2.78. The second-order valence-electron chi connectivity index (χ2n) is 5.70. The van der Waals surface area contributed by atoms with Crippen molar-refractivity contribution in [1.29, 1.82) is 0 Å². The maximum atomic E-state index is 12.5. The first-order valence-electron chi connectivity index (χ1n) is 7.78. The van der Waals surface area contributed by atoms with Crippen molar-refractivity contribution in [1.82, 2.24) is 9.88 Å². The number of carbonyl (C=O) groups excluding carboxylic acids is 1. The molecule has 0 spiro atoms. The molecule has 0 atom stereocenters. The quantitative estimate of drug-likeness (QED) is 0.873. The van der Waals surface area contributed by atoms with Gasteiger partial charge in [0.15, 0.2) is 0 Å². The van der Waals surface area contributed by atoms with E-state index < -0.39 is 0 Å². The number of benzene rings is 1. The first-order chi connectivity index (χ1) is 11.2. The zero-order chi connectivity index (χ0) is 16.2. The molecule has 1 aliphatic heterocycles. The smallest absolute Gasteiger partial charge is 0.272 e. The molecule has 1 saturated heterocycles. The summed E-state index contributed by atoms with van der Waals surface area (Å²) in [7, 11) is 1.67. The van der Waals surface area contributed by atoms with Crippen LogP contribution in [0, 0.1) is 6.92 Å². The van der Waals surface area contributed by atoms with Gasteiger partial charge in [-0.1, -0.05) is 0 Å². The zero-order valence-corrected chi connectivity index (χ0v) is 13.5. The number of ether oxygens (including phenoxy) is 1. The van der Waals surface area contributed by atoms with Crippen LogP contribution in [0.2, 0.25) is 0 Å². The molecule has 0 radical (unpaired) electrons. The van der Waals surface area contributed by atoms with Gasteiger partial charge < -0.3 is 14.5 Å². The molecular weight excluding hydrogens is 290 g/mol. The lowest BCUT2D eigenvalue weighted by molar-refractivity contribution is 0.0741. The Bertz CT molecular complexity index is 677. The van der Waals surface area contributed by atoms with Gasteiger partial charge in [-0.2, -0.15) is 0 Å².